The molecule has 4 rings (SSSR count). The number of aryl methyl sites for hydroxylation is 1. The number of ether oxygens (including phenoxy) is 1. The van der Waals surface area contributed by atoms with Gasteiger partial charge in [0.1, 0.15) is 11.0 Å². The lowest BCUT2D eigenvalue weighted by atomic mass is 9.92. The maximum atomic E-state index is 12.4. The largest absolute Gasteiger partial charge is 0.481 e. The van der Waals surface area contributed by atoms with Crippen molar-refractivity contribution in [3.8, 4) is 11.8 Å². The van der Waals surface area contributed by atoms with E-state index in [1.807, 2.05) is 68.4 Å². The third-order valence-corrected chi connectivity index (χ3v) is 6.66. The number of nitrogens with zero attached hydrogens (tertiary/aromatic N) is 1. The van der Waals surface area contributed by atoms with Crippen LogP contribution in [0.5, 0.6) is 0 Å². The van der Waals surface area contributed by atoms with Gasteiger partial charge in [-0.2, -0.15) is 4.37 Å². The molecule has 1 aliphatic carbocycles. The van der Waals surface area contributed by atoms with Gasteiger partial charge in [-0.15, -0.1) is 0 Å². The number of rotatable bonds is 6. The van der Waals surface area contributed by atoms with Gasteiger partial charge in [0.15, 0.2) is 0 Å². The van der Waals surface area contributed by atoms with Gasteiger partial charge in [0.2, 0.25) is 0 Å². The van der Waals surface area contributed by atoms with E-state index in [2.05, 4.69) is 21.5 Å². The van der Waals surface area contributed by atoms with Crippen molar-refractivity contribution in [1.82, 2.24) is 4.37 Å². The summed E-state index contributed by atoms with van der Waals surface area (Å²) >= 11 is 1.22. The second-order valence-corrected chi connectivity index (χ2v) is 9.01. The van der Waals surface area contributed by atoms with Crippen LogP contribution in [-0.2, 0) is 14.9 Å². The molecule has 1 atom stereocenters. The molecule has 1 heterocycles. The molecule has 168 valence electrons. The van der Waals surface area contributed by atoms with E-state index in [4.69, 9.17) is 9.84 Å². The van der Waals surface area contributed by atoms with Gasteiger partial charge in [-0.05, 0) is 67.4 Å². The fourth-order valence-electron chi connectivity index (χ4n) is 3.73. The van der Waals surface area contributed by atoms with Gasteiger partial charge in [-0.1, -0.05) is 48.4 Å². The average molecular weight is 461 g/mol. The van der Waals surface area contributed by atoms with Crippen LogP contribution in [0.1, 0.15) is 59.6 Å². The molecule has 0 radical (unpaired) electrons. The van der Waals surface area contributed by atoms with Gasteiger partial charge >= 0.3 is 12.1 Å². The molecule has 6 nitrogen and oxygen atoms in total. The molecule has 1 aromatic heterocycles. The van der Waals surface area contributed by atoms with Crippen molar-refractivity contribution in [3.63, 3.8) is 0 Å². The third-order valence-electron chi connectivity index (χ3n) is 5.80. The normalized spacial score (nSPS) is 14.5. The predicted octanol–water partition coefficient (Wildman–Crippen LogP) is 5.67. The van der Waals surface area contributed by atoms with E-state index in [0.717, 1.165) is 29.5 Å². The van der Waals surface area contributed by atoms with Gasteiger partial charge < -0.3 is 9.84 Å². The highest BCUT2D eigenvalue weighted by Gasteiger charge is 2.45. The summed E-state index contributed by atoms with van der Waals surface area (Å²) in [5.74, 6) is 5.43. The number of nitrogens with one attached hydrogen (secondary N) is 1. The SMILES string of the molecule is Cc1nsc(C#Cc2ccc(C3(CC(=O)O)CC3)cc2)c1NC(=O)OC(C)c1ccccc1. The Balaban J connectivity index is 1.44. The second-order valence-electron chi connectivity index (χ2n) is 8.23. The van der Waals surface area contributed by atoms with E-state index in [1.54, 1.807) is 0 Å². The molecule has 33 heavy (non-hydrogen) atoms. The molecular formula is C26H24N2O4S. The van der Waals surface area contributed by atoms with Crippen molar-refractivity contribution in [3.05, 3.63) is 81.9 Å². The van der Waals surface area contributed by atoms with Crippen molar-refractivity contribution in [2.45, 2.75) is 44.6 Å². The van der Waals surface area contributed by atoms with Crippen molar-refractivity contribution >= 4 is 29.3 Å². The summed E-state index contributed by atoms with van der Waals surface area (Å²) in [6, 6.07) is 17.2. The Bertz CT molecular complexity index is 1220. The zero-order valence-corrected chi connectivity index (χ0v) is 19.2. The first-order chi connectivity index (χ1) is 15.9. The van der Waals surface area contributed by atoms with E-state index in [-0.39, 0.29) is 17.9 Å². The lowest BCUT2D eigenvalue weighted by Gasteiger charge is -2.14. The molecule has 1 unspecified atom stereocenters. The lowest BCUT2D eigenvalue weighted by molar-refractivity contribution is -0.137. The Hall–Kier alpha value is -3.63. The molecule has 7 heteroatoms. The van der Waals surface area contributed by atoms with Crippen LogP contribution >= 0.6 is 11.5 Å². The standard InChI is InChI=1S/C26H24N2O4S/c1-17-24(27-25(31)32-18(2)20-6-4-3-5-7-20)22(33-28-17)13-10-19-8-11-21(12-9-19)26(14-15-26)16-23(29)30/h3-9,11-12,18H,14-16H2,1-2H3,(H,27,31)(H,29,30). The van der Waals surface area contributed by atoms with Crippen molar-refractivity contribution < 1.29 is 19.4 Å². The van der Waals surface area contributed by atoms with Crippen LogP contribution in [0.25, 0.3) is 0 Å². The predicted molar refractivity (Wildman–Crippen MR) is 127 cm³/mol. The highest BCUT2D eigenvalue weighted by molar-refractivity contribution is 7.07. The molecule has 0 saturated heterocycles. The number of aliphatic carboxylic acids is 1. The Morgan fingerprint density at radius 1 is 1.15 bits per heavy atom. The number of carboxylic acid groups (broad SMARTS) is 1. The Morgan fingerprint density at radius 2 is 1.85 bits per heavy atom. The van der Waals surface area contributed by atoms with E-state index >= 15 is 0 Å². The summed E-state index contributed by atoms with van der Waals surface area (Å²) in [6.07, 6.45) is 1.01. The van der Waals surface area contributed by atoms with Crippen LogP contribution in [0.15, 0.2) is 54.6 Å². The number of benzene rings is 2. The molecule has 1 saturated carbocycles. The summed E-state index contributed by atoms with van der Waals surface area (Å²) in [4.78, 5) is 24.2. The number of amides is 1. The molecular weight excluding hydrogens is 436 g/mol. The van der Waals surface area contributed by atoms with Crippen molar-refractivity contribution in [1.29, 1.82) is 0 Å². The zero-order chi connectivity index (χ0) is 23.4. The van der Waals surface area contributed by atoms with Gasteiger partial charge in [0.05, 0.1) is 17.8 Å². The second kappa shape index (κ2) is 9.47. The van der Waals surface area contributed by atoms with Crippen molar-refractivity contribution in [2.75, 3.05) is 5.32 Å². The summed E-state index contributed by atoms with van der Waals surface area (Å²) in [5, 5.41) is 11.9. The summed E-state index contributed by atoms with van der Waals surface area (Å²) in [6.45, 7) is 3.63. The molecule has 1 aliphatic rings. The Labute approximate surface area is 196 Å². The molecule has 2 aromatic carbocycles. The van der Waals surface area contributed by atoms with Gasteiger partial charge in [-0.3, -0.25) is 10.1 Å². The zero-order valence-electron chi connectivity index (χ0n) is 18.4. The van der Waals surface area contributed by atoms with E-state index in [1.165, 1.54) is 11.5 Å². The minimum absolute atomic E-state index is 0.159. The molecule has 3 aromatic rings. The molecule has 2 N–H and O–H groups in total. The topological polar surface area (TPSA) is 88.5 Å². The lowest BCUT2D eigenvalue weighted by Crippen LogP contribution is -2.16. The summed E-state index contributed by atoms with van der Waals surface area (Å²) in [7, 11) is 0. The highest BCUT2D eigenvalue weighted by atomic mass is 32.1. The first-order valence-corrected chi connectivity index (χ1v) is 11.5. The molecule has 0 aliphatic heterocycles. The van der Waals surface area contributed by atoms with E-state index < -0.39 is 12.1 Å². The number of aromatic nitrogens is 1. The van der Waals surface area contributed by atoms with Crippen molar-refractivity contribution in [2.24, 2.45) is 0 Å². The molecule has 1 fully saturated rings. The number of anilines is 1. The smallest absolute Gasteiger partial charge is 0.412 e. The van der Waals surface area contributed by atoms with Gasteiger partial charge in [0.25, 0.3) is 0 Å². The molecule has 0 bridgehead atoms. The highest BCUT2D eigenvalue weighted by Crippen LogP contribution is 2.51. The Kier molecular flexibility index (Phi) is 6.47. The monoisotopic (exact) mass is 460 g/mol. The van der Waals surface area contributed by atoms with E-state index in [9.17, 15) is 9.59 Å². The fourth-order valence-corrected chi connectivity index (χ4v) is 4.44. The average Bonchev–Trinajstić information content (AvgIpc) is 3.50. The first kappa shape index (κ1) is 22.6. The molecule has 1 amide bonds. The minimum atomic E-state index is -0.770. The van der Waals surface area contributed by atoms with Crippen LogP contribution in [-0.4, -0.2) is 21.5 Å². The quantitative estimate of drug-likeness (QED) is 0.463. The Morgan fingerprint density at radius 3 is 2.48 bits per heavy atom. The van der Waals surface area contributed by atoms with Crippen LogP contribution in [0, 0.1) is 18.8 Å². The van der Waals surface area contributed by atoms with Crippen LogP contribution in [0.4, 0.5) is 10.5 Å². The summed E-state index contributed by atoms with van der Waals surface area (Å²) < 4.78 is 9.81. The van der Waals surface area contributed by atoms with Gasteiger partial charge in [0, 0.05) is 11.0 Å². The number of carboxylic acids is 1. The fraction of sp³-hybridized carbons (Fsp3) is 0.269. The number of carbonyl (C=O) groups excluding carboxylic acids is 1. The number of hydrogen-bond acceptors (Lipinski definition) is 5. The first-order valence-electron chi connectivity index (χ1n) is 10.7. The van der Waals surface area contributed by atoms with E-state index in [0.29, 0.717) is 16.3 Å². The number of carbonyl (C=O) groups is 2. The van der Waals surface area contributed by atoms with Crippen LogP contribution in [0.3, 0.4) is 0 Å². The maximum absolute atomic E-state index is 12.4. The number of hydrogen-bond donors (Lipinski definition) is 2. The maximum Gasteiger partial charge on any atom is 0.412 e. The van der Waals surface area contributed by atoms with Crippen LogP contribution < -0.4 is 5.32 Å². The van der Waals surface area contributed by atoms with Crippen LogP contribution in [0.2, 0.25) is 0 Å². The minimum Gasteiger partial charge on any atom is -0.481 e. The third kappa shape index (κ3) is 5.41. The van der Waals surface area contributed by atoms with Gasteiger partial charge in [-0.25, -0.2) is 4.79 Å². The summed E-state index contributed by atoms with van der Waals surface area (Å²) in [5.41, 5.74) is 3.76. The molecule has 0 spiro atoms.